The van der Waals surface area contributed by atoms with Gasteiger partial charge in [0.1, 0.15) is 0 Å². The third-order valence-corrected chi connectivity index (χ3v) is 5.09. The Morgan fingerprint density at radius 3 is 2.45 bits per heavy atom. The Labute approximate surface area is 129 Å². The molecular formula is C16H31ClN2O. The molecular weight excluding hydrogens is 272 g/mol. The summed E-state index contributed by atoms with van der Waals surface area (Å²) in [5, 5.41) is 3.35. The third-order valence-electron chi connectivity index (χ3n) is 5.09. The fourth-order valence-corrected chi connectivity index (χ4v) is 3.90. The first-order valence-electron chi connectivity index (χ1n) is 8.14. The Hall–Kier alpha value is -0.280. The summed E-state index contributed by atoms with van der Waals surface area (Å²) >= 11 is 0. The van der Waals surface area contributed by atoms with Crippen molar-refractivity contribution in [2.24, 2.45) is 23.5 Å². The van der Waals surface area contributed by atoms with Gasteiger partial charge in [-0.15, -0.1) is 12.4 Å². The van der Waals surface area contributed by atoms with Crippen molar-refractivity contribution in [2.75, 3.05) is 0 Å². The van der Waals surface area contributed by atoms with E-state index in [2.05, 4.69) is 19.2 Å². The van der Waals surface area contributed by atoms with Gasteiger partial charge >= 0.3 is 0 Å². The van der Waals surface area contributed by atoms with Crippen LogP contribution in [0.3, 0.4) is 0 Å². The third kappa shape index (κ3) is 4.63. The molecule has 2 saturated carbocycles. The average Bonchev–Trinajstić information content (AvgIpc) is 2.39. The number of carbonyl (C=O) groups is 1. The van der Waals surface area contributed by atoms with Gasteiger partial charge in [-0.3, -0.25) is 4.79 Å². The van der Waals surface area contributed by atoms with Crippen LogP contribution in [-0.4, -0.2) is 18.0 Å². The van der Waals surface area contributed by atoms with Gasteiger partial charge in [-0.05, 0) is 43.9 Å². The molecule has 4 unspecified atom stereocenters. The normalized spacial score (nSPS) is 34.4. The molecule has 4 heteroatoms. The molecule has 20 heavy (non-hydrogen) atoms. The highest BCUT2D eigenvalue weighted by molar-refractivity contribution is 5.85. The molecule has 0 aromatic heterocycles. The second-order valence-electron chi connectivity index (χ2n) is 6.93. The second kappa shape index (κ2) is 8.23. The van der Waals surface area contributed by atoms with E-state index < -0.39 is 0 Å². The van der Waals surface area contributed by atoms with Crippen molar-refractivity contribution in [1.82, 2.24) is 5.32 Å². The Bertz CT molecular complexity index is 309. The van der Waals surface area contributed by atoms with Crippen LogP contribution in [0.15, 0.2) is 0 Å². The van der Waals surface area contributed by atoms with Crippen LogP contribution in [0.4, 0.5) is 0 Å². The molecule has 3 nitrogen and oxygen atoms in total. The van der Waals surface area contributed by atoms with Gasteiger partial charge in [-0.2, -0.15) is 0 Å². The molecule has 0 aliphatic heterocycles. The molecule has 0 spiro atoms. The molecule has 4 atom stereocenters. The lowest BCUT2D eigenvalue weighted by Gasteiger charge is -2.36. The first-order chi connectivity index (χ1) is 9.08. The molecule has 0 aromatic carbocycles. The fourth-order valence-electron chi connectivity index (χ4n) is 3.90. The standard InChI is InChI=1S/C16H30N2O.ClH/c1-11(2)14-8-3-4-9-15(14)18-16(19)12-6-5-7-13(17)10-12;/h11-15H,3-10,17H2,1-2H3,(H,18,19);1H. The number of halogens is 1. The van der Waals surface area contributed by atoms with Crippen LogP contribution < -0.4 is 11.1 Å². The van der Waals surface area contributed by atoms with Crippen molar-refractivity contribution in [1.29, 1.82) is 0 Å². The minimum atomic E-state index is 0. The van der Waals surface area contributed by atoms with Gasteiger partial charge in [0.2, 0.25) is 5.91 Å². The number of carbonyl (C=O) groups excluding carboxylic acids is 1. The molecule has 0 aromatic rings. The Kier molecular flexibility index (Phi) is 7.32. The van der Waals surface area contributed by atoms with Crippen molar-refractivity contribution >= 4 is 18.3 Å². The maximum atomic E-state index is 12.4. The van der Waals surface area contributed by atoms with E-state index in [0.717, 1.165) is 32.1 Å². The quantitative estimate of drug-likeness (QED) is 0.841. The summed E-state index contributed by atoms with van der Waals surface area (Å²) < 4.78 is 0. The molecule has 118 valence electrons. The van der Waals surface area contributed by atoms with Crippen LogP contribution in [0.2, 0.25) is 0 Å². The maximum absolute atomic E-state index is 12.4. The van der Waals surface area contributed by atoms with E-state index in [1.807, 2.05) is 0 Å². The van der Waals surface area contributed by atoms with E-state index in [4.69, 9.17) is 5.73 Å². The minimum Gasteiger partial charge on any atom is -0.353 e. The molecule has 2 rings (SSSR count). The second-order valence-corrected chi connectivity index (χ2v) is 6.93. The number of rotatable bonds is 3. The number of hydrogen-bond acceptors (Lipinski definition) is 2. The van der Waals surface area contributed by atoms with Crippen molar-refractivity contribution in [3.63, 3.8) is 0 Å². The zero-order valence-corrected chi connectivity index (χ0v) is 13.8. The lowest BCUT2D eigenvalue weighted by Crippen LogP contribution is -2.47. The van der Waals surface area contributed by atoms with Crippen molar-refractivity contribution in [2.45, 2.75) is 77.3 Å². The topological polar surface area (TPSA) is 55.1 Å². The van der Waals surface area contributed by atoms with Crippen LogP contribution >= 0.6 is 12.4 Å². The van der Waals surface area contributed by atoms with Crippen LogP contribution in [0.25, 0.3) is 0 Å². The zero-order valence-electron chi connectivity index (χ0n) is 12.9. The Balaban J connectivity index is 0.00000200. The van der Waals surface area contributed by atoms with Crippen LogP contribution in [-0.2, 0) is 4.79 Å². The van der Waals surface area contributed by atoms with Gasteiger partial charge in [0.15, 0.2) is 0 Å². The molecule has 1 amide bonds. The van der Waals surface area contributed by atoms with E-state index in [1.54, 1.807) is 0 Å². The highest BCUT2D eigenvalue weighted by atomic mass is 35.5. The molecule has 2 fully saturated rings. The first-order valence-corrected chi connectivity index (χ1v) is 8.14. The smallest absolute Gasteiger partial charge is 0.223 e. The number of nitrogens with one attached hydrogen (secondary N) is 1. The summed E-state index contributed by atoms with van der Waals surface area (Å²) in [5.74, 6) is 1.76. The SMILES string of the molecule is CC(C)C1CCCCC1NC(=O)C1CCCC(N)C1.Cl. The summed E-state index contributed by atoms with van der Waals surface area (Å²) in [6, 6.07) is 0.635. The van der Waals surface area contributed by atoms with Crippen LogP contribution in [0.5, 0.6) is 0 Å². The molecule has 0 saturated heterocycles. The predicted octanol–water partition coefficient (Wildman–Crippen LogP) is 3.26. The maximum Gasteiger partial charge on any atom is 0.223 e. The molecule has 3 N–H and O–H groups in total. The largest absolute Gasteiger partial charge is 0.353 e. The van der Waals surface area contributed by atoms with Crippen LogP contribution in [0.1, 0.15) is 65.2 Å². The van der Waals surface area contributed by atoms with Gasteiger partial charge in [0, 0.05) is 18.0 Å². The van der Waals surface area contributed by atoms with Gasteiger partial charge < -0.3 is 11.1 Å². The van der Waals surface area contributed by atoms with Crippen molar-refractivity contribution in [3.05, 3.63) is 0 Å². The summed E-state index contributed by atoms with van der Waals surface area (Å²) in [6.45, 7) is 4.57. The summed E-state index contributed by atoms with van der Waals surface area (Å²) in [5.41, 5.74) is 5.99. The highest BCUT2D eigenvalue weighted by Crippen LogP contribution is 2.31. The van der Waals surface area contributed by atoms with E-state index in [1.165, 1.54) is 19.3 Å². The summed E-state index contributed by atoms with van der Waals surface area (Å²) in [6.07, 6.45) is 9.12. The average molecular weight is 303 g/mol. The summed E-state index contributed by atoms with van der Waals surface area (Å²) in [4.78, 5) is 12.4. The van der Waals surface area contributed by atoms with E-state index in [9.17, 15) is 4.79 Å². The van der Waals surface area contributed by atoms with E-state index >= 15 is 0 Å². The lowest BCUT2D eigenvalue weighted by molar-refractivity contribution is -0.127. The number of amides is 1. The van der Waals surface area contributed by atoms with Gasteiger partial charge in [-0.25, -0.2) is 0 Å². The highest BCUT2D eigenvalue weighted by Gasteiger charge is 2.32. The monoisotopic (exact) mass is 302 g/mol. The molecule has 0 radical (unpaired) electrons. The van der Waals surface area contributed by atoms with Gasteiger partial charge in [0.05, 0.1) is 0 Å². The summed E-state index contributed by atoms with van der Waals surface area (Å²) in [7, 11) is 0. The van der Waals surface area contributed by atoms with Crippen LogP contribution in [0, 0.1) is 17.8 Å². The number of nitrogens with two attached hydrogens (primary N) is 1. The lowest BCUT2D eigenvalue weighted by atomic mass is 9.77. The predicted molar refractivity (Wildman–Crippen MR) is 85.9 cm³/mol. The minimum absolute atomic E-state index is 0. The Morgan fingerprint density at radius 1 is 1.10 bits per heavy atom. The number of hydrogen-bond donors (Lipinski definition) is 2. The first kappa shape index (κ1) is 17.8. The van der Waals surface area contributed by atoms with Crippen molar-refractivity contribution in [3.8, 4) is 0 Å². The fraction of sp³-hybridized carbons (Fsp3) is 0.938. The van der Waals surface area contributed by atoms with Gasteiger partial charge in [0.25, 0.3) is 0 Å². The van der Waals surface area contributed by atoms with Crippen molar-refractivity contribution < 1.29 is 4.79 Å². The Morgan fingerprint density at radius 2 is 1.80 bits per heavy atom. The molecule has 2 aliphatic rings. The molecule has 2 aliphatic carbocycles. The van der Waals surface area contributed by atoms with E-state index in [0.29, 0.717) is 17.9 Å². The molecule has 0 heterocycles. The molecule has 0 bridgehead atoms. The van der Waals surface area contributed by atoms with Gasteiger partial charge in [-0.1, -0.05) is 33.1 Å². The zero-order chi connectivity index (χ0) is 13.8. The van der Waals surface area contributed by atoms with E-state index in [-0.39, 0.29) is 30.3 Å².